The normalized spacial score (nSPS) is 25.1. The highest BCUT2D eigenvalue weighted by Gasteiger charge is 2.43. The van der Waals surface area contributed by atoms with Gasteiger partial charge in [-0.25, -0.2) is 14.4 Å². The van der Waals surface area contributed by atoms with E-state index in [2.05, 4.69) is 6.92 Å². The van der Waals surface area contributed by atoms with E-state index in [9.17, 15) is 34.2 Å². The molecule has 0 aromatic carbocycles. The Morgan fingerprint density at radius 3 is 1.72 bits per heavy atom. The molecule has 0 amide bonds. The lowest BCUT2D eigenvalue weighted by atomic mass is 9.86. The summed E-state index contributed by atoms with van der Waals surface area (Å²) in [6, 6.07) is 0. The quantitative estimate of drug-likeness (QED) is 0.119. The summed E-state index contributed by atoms with van der Waals surface area (Å²) in [7, 11) is 0. The van der Waals surface area contributed by atoms with Crippen LogP contribution >= 0.6 is 0 Å². The van der Waals surface area contributed by atoms with E-state index in [-0.39, 0.29) is 0 Å². The maximum Gasteiger partial charge on any atom is 0.351 e. The van der Waals surface area contributed by atoms with Crippen molar-refractivity contribution in [3.63, 3.8) is 0 Å². The number of rotatable bonds is 18. The van der Waals surface area contributed by atoms with Crippen LogP contribution in [-0.2, 0) is 47.7 Å². The second-order valence-corrected chi connectivity index (χ2v) is 12.9. The predicted molar refractivity (Wildman–Crippen MR) is 168 cm³/mol. The van der Waals surface area contributed by atoms with E-state index in [1.807, 2.05) is 0 Å². The molecular weight excluding hydrogens is 600 g/mol. The summed E-state index contributed by atoms with van der Waals surface area (Å²) in [4.78, 5) is 64.1. The van der Waals surface area contributed by atoms with Gasteiger partial charge in [0.2, 0.25) is 18.3 Å². The largest absolute Gasteiger partial charge is 0.461 e. The van der Waals surface area contributed by atoms with Gasteiger partial charge in [-0.15, -0.1) is 0 Å². The van der Waals surface area contributed by atoms with E-state index in [1.54, 1.807) is 20.8 Å². The minimum atomic E-state index is -1.87. The third kappa shape index (κ3) is 14.8. The molecule has 0 radical (unpaired) electrons. The van der Waals surface area contributed by atoms with E-state index in [1.165, 1.54) is 58.8 Å². The SMILES string of the molecule is CCCCCCCCCCCCC[C@@H](O)[C@H](C)[C@H]1OC(=O)C(COC(C)=O)OC(=O)C([C@@H](C)O)OC(=O)[C@H](C(C)C)OC(=O)C1C. The number of carbonyl (C=O) groups excluding carboxylic acids is 5. The van der Waals surface area contributed by atoms with Crippen molar-refractivity contribution in [3.05, 3.63) is 0 Å². The molecule has 0 aromatic rings. The minimum absolute atomic E-state index is 0.400. The average Bonchev–Trinajstić information content (AvgIpc) is 3.00. The highest BCUT2D eigenvalue weighted by Crippen LogP contribution is 2.27. The number of hydrogen-bond acceptors (Lipinski definition) is 12. The minimum Gasteiger partial charge on any atom is -0.461 e. The molecule has 0 saturated carbocycles. The summed E-state index contributed by atoms with van der Waals surface area (Å²) in [5.74, 6) is -7.70. The van der Waals surface area contributed by atoms with Crippen molar-refractivity contribution in [2.24, 2.45) is 17.8 Å². The van der Waals surface area contributed by atoms with E-state index < -0.39 is 90.8 Å². The maximum absolute atomic E-state index is 13.3. The lowest BCUT2D eigenvalue weighted by Crippen LogP contribution is -2.46. The van der Waals surface area contributed by atoms with Crippen LogP contribution in [-0.4, -0.2) is 83.3 Å². The first kappa shape index (κ1) is 41.3. The fourth-order valence-corrected chi connectivity index (χ4v) is 5.28. The molecule has 2 N–H and O–H groups in total. The van der Waals surface area contributed by atoms with Crippen LogP contribution in [0.4, 0.5) is 0 Å². The number of cyclic esters (lactones) is 4. The smallest absolute Gasteiger partial charge is 0.351 e. The maximum atomic E-state index is 13.3. The van der Waals surface area contributed by atoms with Crippen molar-refractivity contribution in [2.75, 3.05) is 6.61 Å². The molecule has 1 saturated heterocycles. The second-order valence-electron chi connectivity index (χ2n) is 12.9. The molecule has 1 fully saturated rings. The van der Waals surface area contributed by atoms with E-state index in [4.69, 9.17) is 23.7 Å². The molecule has 12 nitrogen and oxygen atoms in total. The molecule has 1 heterocycles. The van der Waals surface area contributed by atoms with E-state index in [0.29, 0.717) is 6.42 Å². The molecule has 3 unspecified atom stereocenters. The Bertz CT molecular complexity index is 948. The van der Waals surface area contributed by atoms with Gasteiger partial charge in [0.05, 0.1) is 18.1 Å². The van der Waals surface area contributed by atoms with Crippen molar-refractivity contribution in [1.29, 1.82) is 0 Å². The van der Waals surface area contributed by atoms with Crippen molar-refractivity contribution in [1.82, 2.24) is 0 Å². The summed E-state index contributed by atoms with van der Waals surface area (Å²) in [5.41, 5.74) is 0. The number of carbonyl (C=O) groups is 5. The fourth-order valence-electron chi connectivity index (χ4n) is 5.28. The van der Waals surface area contributed by atoms with Gasteiger partial charge in [-0.05, 0) is 20.3 Å². The standard InChI is InChI=1S/C34H58O12/c1-8-9-10-11-12-13-14-15-16-17-18-19-26(37)22(4)29-23(5)31(38)44-28(21(2)3)33(40)46-30(24(6)35)34(41)43-27(32(39)45-29)20-42-25(7)36/h21-24,26-30,35,37H,8-20H2,1-7H3/t22-,23?,24+,26+,27?,28-,29+,30?/m0/s1. The molecule has 1 rings (SSSR count). The van der Waals surface area contributed by atoms with Gasteiger partial charge in [-0.3, -0.25) is 9.59 Å². The van der Waals surface area contributed by atoms with E-state index >= 15 is 0 Å². The van der Waals surface area contributed by atoms with Gasteiger partial charge in [0, 0.05) is 18.8 Å². The lowest BCUT2D eigenvalue weighted by Gasteiger charge is -2.32. The Balaban J connectivity index is 3.08. The molecule has 0 bridgehead atoms. The third-order valence-corrected chi connectivity index (χ3v) is 8.30. The first-order chi connectivity index (χ1) is 21.7. The zero-order valence-corrected chi connectivity index (χ0v) is 28.9. The molecule has 0 aliphatic carbocycles. The van der Waals surface area contributed by atoms with Crippen LogP contribution in [0.1, 0.15) is 126 Å². The highest BCUT2D eigenvalue weighted by atomic mass is 16.7. The van der Waals surface area contributed by atoms with Gasteiger partial charge < -0.3 is 33.9 Å². The number of aliphatic hydroxyl groups excluding tert-OH is 2. The molecule has 46 heavy (non-hydrogen) atoms. The molecule has 8 atom stereocenters. The summed E-state index contributed by atoms with van der Waals surface area (Å²) in [6.07, 6.45) is 4.11. The van der Waals surface area contributed by atoms with Crippen molar-refractivity contribution in [3.8, 4) is 0 Å². The molecule has 1 aliphatic heterocycles. The highest BCUT2D eigenvalue weighted by molar-refractivity contribution is 5.86. The topological polar surface area (TPSA) is 172 Å². The Labute approximate surface area is 274 Å². The van der Waals surface area contributed by atoms with Crippen LogP contribution in [0.5, 0.6) is 0 Å². The van der Waals surface area contributed by atoms with Crippen molar-refractivity contribution in [2.45, 2.75) is 162 Å². The predicted octanol–water partition coefficient (Wildman–Crippen LogP) is 4.58. The fraction of sp³-hybridized carbons (Fsp3) is 0.853. The molecule has 1 aliphatic rings. The molecular formula is C34H58O12. The number of aliphatic hydroxyl groups is 2. The zero-order valence-electron chi connectivity index (χ0n) is 28.9. The van der Waals surface area contributed by atoms with Gasteiger partial charge in [0.1, 0.15) is 12.7 Å². The zero-order chi connectivity index (χ0) is 34.8. The molecule has 12 heteroatoms. The van der Waals surface area contributed by atoms with Crippen LogP contribution in [0, 0.1) is 17.8 Å². The number of unbranched alkanes of at least 4 members (excludes halogenated alkanes) is 10. The lowest BCUT2D eigenvalue weighted by molar-refractivity contribution is -0.192. The van der Waals surface area contributed by atoms with Gasteiger partial charge >= 0.3 is 29.8 Å². The van der Waals surface area contributed by atoms with Crippen molar-refractivity contribution < 1.29 is 57.9 Å². The first-order valence-corrected chi connectivity index (χ1v) is 17.0. The summed E-state index contributed by atoms with van der Waals surface area (Å²) in [6.45, 7) is 10.0. The van der Waals surface area contributed by atoms with Crippen LogP contribution in [0.25, 0.3) is 0 Å². The Kier molecular flexibility index (Phi) is 19.7. The Morgan fingerprint density at radius 1 is 0.717 bits per heavy atom. The monoisotopic (exact) mass is 658 g/mol. The summed E-state index contributed by atoms with van der Waals surface area (Å²) >= 11 is 0. The summed E-state index contributed by atoms with van der Waals surface area (Å²) < 4.78 is 26.5. The van der Waals surface area contributed by atoms with Crippen LogP contribution in [0.3, 0.4) is 0 Å². The third-order valence-electron chi connectivity index (χ3n) is 8.30. The molecule has 266 valence electrons. The Hall–Kier alpha value is -2.73. The first-order valence-electron chi connectivity index (χ1n) is 17.0. The van der Waals surface area contributed by atoms with Gasteiger partial charge in [0.15, 0.2) is 0 Å². The molecule has 0 aromatic heterocycles. The van der Waals surface area contributed by atoms with Crippen LogP contribution < -0.4 is 0 Å². The van der Waals surface area contributed by atoms with Gasteiger partial charge in [-0.2, -0.15) is 0 Å². The van der Waals surface area contributed by atoms with Gasteiger partial charge in [-0.1, -0.05) is 98.3 Å². The Morgan fingerprint density at radius 2 is 1.22 bits per heavy atom. The van der Waals surface area contributed by atoms with Crippen LogP contribution in [0.2, 0.25) is 0 Å². The number of ether oxygens (including phenoxy) is 5. The molecule has 0 spiro atoms. The second kappa shape index (κ2) is 22.0. The van der Waals surface area contributed by atoms with Crippen molar-refractivity contribution >= 4 is 29.8 Å². The number of hydrogen-bond donors (Lipinski definition) is 2. The average molecular weight is 659 g/mol. The number of esters is 5. The van der Waals surface area contributed by atoms with E-state index in [0.717, 1.165) is 32.6 Å². The van der Waals surface area contributed by atoms with Crippen LogP contribution in [0.15, 0.2) is 0 Å². The summed E-state index contributed by atoms with van der Waals surface area (Å²) in [5, 5.41) is 21.3. The van der Waals surface area contributed by atoms with Gasteiger partial charge in [0.25, 0.3) is 0 Å².